The second-order valence-corrected chi connectivity index (χ2v) is 4.30. The molecule has 0 aliphatic carbocycles. The predicted molar refractivity (Wildman–Crippen MR) is 69.1 cm³/mol. The predicted octanol–water partition coefficient (Wildman–Crippen LogP) is 4.35. The van der Waals surface area contributed by atoms with Gasteiger partial charge >= 0.3 is 0 Å². The number of nitrogens with zero attached hydrogens (tertiary/aromatic N) is 2. The van der Waals surface area contributed by atoms with E-state index in [-0.39, 0.29) is 0 Å². The zero-order valence-electron chi connectivity index (χ0n) is 8.94. The van der Waals surface area contributed by atoms with Crippen LogP contribution >= 0.6 is 15.9 Å². The van der Waals surface area contributed by atoms with E-state index in [2.05, 4.69) is 32.3 Å². The Balaban J connectivity index is 2.63. The van der Waals surface area contributed by atoms with Crippen molar-refractivity contribution in [1.29, 1.82) is 0 Å². The molecule has 2 aromatic rings. The average Bonchev–Trinajstić information content (AvgIpc) is 2.66. The molecule has 1 aromatic carbocycles. The van der Waals surface area contributed by atoms with E-state index in [1.807, 2.05) is 36.5 Å². The van der Waals surface area contributed by atoms with Crippen molar-refractivity contribution in [3.63, 3.8) is 0 Å². The summed E-state index contributed by atoms with van der Waals surface area (Å²) in [7, 11) is 0. The molecule has 0 unspecified atom stereocenters. The first-order chi connectivity index (χ1) is 7.77. The van der Waals surface area contributed by atoms with Gasteiger partial charge in [0, 0.05) is 22.1 Å². The fourth-order valence-corrected chi connectivity index (χ4v) is 2.30. The normalized spacial score (nSPS) is 10.1. The van der Waals surface area contributed by atoms with Crippen LogP contribution in [0.25, 0.3) is 10.5 Å². The van der Waals surface area contributed by atoms with Crippen molar-refractivity contribution in [2.24, 2.45) is 0 Å². The van der Waals surface area contributed by atoms with Gasteiger partial charge in [0.15, 0.2) is 0 Å². The molecule has 1 heterocycles. The lowest BCUT2D eigenvalue weighted by Crippen LogP contribution is -1.96. The third-order valence-corrected chi connectivity index (χ3v) is 3.09. The Hall–Kier alpha value is -1.53. The fourth-order valence-electron chi connectivity index (χ4n) is 1.78. The Morgan fingerprint density at radius 1 is 1.31 bits per heavy atom. The number of hydrogen-bond donors (Lipinski definition) is 0. The number of rotatable bonds is 2. The van der Waals surface area contributed by atoms with Crippen LogP contribution in [0.4, 0.5) is 5.69 Å². The highest BCUT2D eigenvalue weighted by Crippen LogP contribution is 2.33. The molecule has 0 amide bonds. The highest BCUT2D eigenvalue weighted by molar-refractivity contribution is 9.10. The van der Waals surface area contributed by atoms with Crippen LogP contribution in [0.2, 0.25) is 0 Å². The standard InChI is InChI=1S/C13H11BrN2/c1-3-12-13(15-2)11(14)9-16(12)10-7-5-4-6-8-10/h4-9H,3H2,1H3. The van der Waals surface area contributed by atoms with Gasteiger partial charge in [0.2, 0.25) is 5.69 Å². The molecule has 2 nitrogen and oxygen atoms in total. The second kappa shape index (κ2) is 4.54. The summed E-state index contributed by atoms with van der Waals surface area (Å²) in [5, 5.41) is 0. The van der Waals surface area contributed by atoms with Gasteiger partial charge in [-0.15, -0.1) is 0 Å². The Morgan fingerprint density at radius 2 is 2.00 bits per heavy atom. The molecule has 0 N–H and O–H groups in total. The molecule has 0 fully saturated rings. The minimum atomic E-state index is 0.714. The van der Waals surface area contributed by atoms with Crippen molar-refractivity contribution < 1.29 is 0 Å². The molecule has 0 saturated carbocycles. The first-order valence-corrected chi connectivity index (χ1v) is 5.89. The molecular formula is C13H11BrN2. The molecule has 3 heteroatoms. The highest BCUT2D eigenvalue weighted by Gasteiger charge is 2.13. The zero-order valence-corrected chi connectivity index (χ0v) is 10.5. The Labute approximate surface area is 103 Å². The van der Waals surface area contributed by atoms with Crippen molar-refractivity contribution in [3.8, 4) is 5.69 Å². The molecule has 1 aromatic heterocycles. The lowest BCUT2D eigenvalue weighted by Gasteiger charge is -2.07. The monoisotopic (exact) mass is 274 g/mol. The molecule has 0 bridgehead atoms. The molecule has 0 saturated heterocycles. The summed E-state index contributed by atoms with van der Waals surface area (Å²) in [6.07, 6.45) is 2.81. The maximum atomic E-state index is 7.19. The van der Waals surface area contributed by atoms with E-state index in [0.29, 0.717) is 5.69 Å². The van der Waals surface area contributed by atoms with E-state index in [1.54, 1.807) is 0 Å². The molecule has 0 aliphatic heterocycles. The zero-order chi connectivity index (χ0) is 11.5. The summed E-state index contributed by atoms with van der Waals surface area (Å²) >= 11 is 3.43. The van der Waals surface area contributed by atoms with E-state index in [0.717, 1.165) is 22.3 Å². The largest absolute Gasteiger partial charge is 0.331 e. The summed E-state index contributed by atoms with van der Waals surface area (Å²) in [6, 6.07) is 10.1. The number of para-hydroxylation sites is 1. The van der Waals surface area contributed by atoms with Crippen LogP contribution in [-0.2, 0) is 6.42 Å². The number of halogens is 1. The number of aromatic nitrogens is 1. The quantitative estimate of drug-likeness (QED) is 0.721. The van der Waals surface area contributed by atoms with Crippen molar-refractivity contribution >= 4 is 21.6 Å². The number of benzene rings is 1. The molecule has 2 rings (SSSR count). The minimum Gasteiger partial charge on any atom is -0.331 e. The van der Waals surface area contributed by atoms with Crippen LogP contribution in [0.15, 0.2) is 41.0 Å². The van der Waals surface area contributed by atoms with Crippen LogP contribution in [0.1, 0.15) is 12.6 Å². The summed E-state index contributed by atoms with van der Waals surface area (Å²) in [5.74, 6) is 0. The molecule has 0 spiro atoms. The van der Waals surface area contributed by atoms with Crippen molar-refractivity contribution in [3.05, 3.63) is 58.1 Å². The molecule has 0 radical (unpaired) electrons. The van der Waals surface area contributed by atoms with Gasteiger partial charge in [-0.2, -0.15) is 0 Å². The van der Waals surface area contributed by atoms with Gasteiger partial charge in [-0.1, -0.05) is 41.1 Å². The second-order valence-electron chi connectivity index (χ2n) is 3.44. The lowest BCUT2D eigenvalue weighted by atomic mass is 10.2. The summed E-state index contributed by atoms with van der Waals surface area (Å²) in [6.45, 7) is 9.25. The first kappa shape index (κ1) is 11.0. The van der Waals surface area contributed by atoms with Gasteiger partial charge in [-0.3, -0.25) is 0 Å². The van der Waals surface area contributed by atoms with Gasteiger partial charge in [0.25, 0.3) is 0 Å². The minimum absolute atomic E-state index is 0.714. The van der Waals surface area contributed by atoms with E-state index in [9.17, 15) is 0 Å². The summed E-state index contributed by atoms with van der Waals surface area (Å²) in [5.41, 5.74) is 2.86. The summed E-state index contributed by atoms with van der Waals surface area (Å²) in [4.78, 5) is 3.57. The van der Waals surface area contributed by atoms with Crippen LogP contribution < -0.4 is 0 Å². The van der Waals surface area contributed by atoms with Gasteiger partial charge < -0.3 is 4.57 Å². The van der Waals surface area contributed by atoms with E-state index in [1.165, 1.54) is 0 Å². The van der Waals surface area contributed by atoms with E-state index >= 15 is 0 Å². The fraction of sp³-hybridized carbons (Fsp3) is 0.154. The Morgan fingerprint density at radius 3 is 2.56 bits per heavy atom. The van der Waals surface area contributed by atoms with Gasteiger partial charge in [-0.25, -0.2) is 4.85 Å². The van der Waals surface area contributed by atoms with Gasteiger partial charge in [0.1, 0.15) is 0 Å². The summed E-state index contributed by atoms with van der Waals surface area (Å²) < 4.78 is 2.93. The first-order valence-electron chi connectivity index (χ1n) is 5.10. The van der Waals surface area contributed by atoms with Crippen molar-refractivity contribution in [2.45, 2.75) is 13.3 Å². The Kier molecular flexibility index (Phi) is 3.12. The van der Waals surface area contributed by atoms with Gasteiger partial charge in [0.05, 0.1) is 6.57 Å². The molecule has 0 aliphatic rings. The van der Waals surface area contributed by atoms with E-state index < -0.39 is 0 Å². The lowest BCUT2D eigenvalue weighted by molar-refractivity contribution is 0.941. The van der Waals surface area contributed by atoms with Crippen LogP contribution in [0.5, 0.6) is 0 Å². The SMILES string of the molecule is [C-]#[N+]c1c(Br)cn(-c2ccccc2)c1CC. The van der Waals surface area contributed by atoms with Crippen LogP contribution in [0.3, 0.4) is 0 Å². The van der Waals surface area contributed by atoms with Crippen LogP contribution in [-0.4, -0.2) is 4.57 Å². The average molecular weight is 275 g/mol. The maximum absolute atomic E-state index is 7.19. The molecular weight excluding hydrogens is 264 g/mol. The van der Waals surface area contributed by atoms with Crippen molar-refractivity contribution in [2.75, 3.05) is 0 Å². The van der Waals surface area contributed by atoms with Crippen LogP contribution in [0, 0.1) is 6.57 Å². The topological polar surface area (TPSA) is 9.29 Å². The third kappa shape index (κ3) is 1.77. The molecule has 80 valence electrons. The highest BCUT2D eigenvalue weighted by atomic mass is 79.9. The maximum Gasteiger partial charge on any atom is 0.221 e. The smallest absolute Gasteiger partial charge is 0.221 e. The third-order valence-electron chi connectivity index (χ3n) is 2.51. The number of hydrogen-bond acceptors (Lipinski definition) is 0. The molecule has 16 heavy (non-hydrogen) atoms. The van der Waals surface area contributed by atoms with E-state index in [4.69, 9.17) is 6.57 Å². The van der Waals surface area contributed by atoms with Gasteiger partial charge in [-0.05, 0) is 18.6 Å². The Bertz CT molecular complexity index is 535. The molecule has 0 atom stereocenters. The van der Waals surface area contributed by atoms with Crippen molar-refractivity contribution in [1.82, 2.24) is 4.57 Å².